The van der Waals surface area contributed by atoms with Gasteiger partial charge in [0, 0.05) is 37.0 Å². The third kappa shape index (κ3) is 2.62. The number of rotatable bonds is 2. The summed E-state index contributed by atoms with van der Waals surface area (Å²) < 4.78 is 20.9. The molecule has 0 spiro atoms. The van der Waals surface area contributed by atoms with Crippen LogP contribution < -0.4 is 0 Å². The Kier molecular flexibility index (Phi) is 4.12. The van der Waals surface area contributed by atoms with E-state index in [4.69, 9.17) is 9.73 Å². The molecule has 0 bridgehead atoms. The Balaban J connectivity index is 1.56. The van der Waals surface area contributed by atoms with Gasteiger partial charge in [-0.05, 0) is 43.9 Å². The summed E-state index contributed by atoms with van der Waals surface area (Å²) >= 11 is 0. The summed E-state index contributed by atoms with van der Waals surface area (Å²) in [6.45, 7) is 2.73. The van der Waals surface area contributed by atoms with Crippen LogP contribution in [-0.2, 0) is 9.53 Å². The van der Waals surface area contributed by atoms with Crippen LogP contribution in [0, 0.1) is 5.82 Å². The topological polar surface area (TPSA) is 45.1 Å². The highest BCUT2D eigenvalue weighted by Crippen LogP contribution is 2.45. The van der Waals surface area contributed by atoms with Crippen molar-refractivity contribution in [3.8, 4) is 0 Å². The minimum absolute atomic E-state index is 0.129. The summed E-state index contributed by atoms with van der Waals surface area (Å²) in [6, 6.07) is 6.70. The highest BCUT2D eigenvalue weighted by molar-refractivity contribution is 5.86. The van der Waals surface area contributed by atoms with Crippen molar-refractivity contribution in [1.29, 1.82) is 0 Å². The van der Waals surface area contributed by atoms with Crippen molar-refractivity contribution in [1.82, 2.24) is 9.80 Å². The first-order valence-electron chi connectivity index (χ1n) is 9.97. The van der Waals surface area contributed by atoms with E-state index < -0.39 is 0 Å². The monoisotopic (exact) mass is 381 g/mol. The Morgan fingerprint density at radius 3 is 2.82 bits per heavy atom. The number of carbonyl (C=O) groups excluding carboxylic acids is 1. The van der Waals surface area contributed by atoms with Crippen LogP contribution in [0.15, 0.2) is 52.3 Å². The van der Waals surface area contributed by atoms with Gasteiger partial charge >= 0.3 is 0 Å². The molecule has 2 unspecified atom stereocenters. The Hall–Kier alpha value is -2.47. The highest BCUT2D eigenvalue weighted by Gasteiger charge is 2.45. The number of allylic oxidation sites excluding steroid dienone is 1. The minimum atomic E-state index is -0.300. The number of likely N-dealkylation sites (tertiary alicyclic amines) is 1. The van der Waals surface area contributed by atoms with Gasteiger partial charge in [-0.1, -0.05) is 18.2 Å². The molecule has 5 nitrogen and oxygen atoms in total. The van der Waals surface area contributed by atoms with Crippen LogP contribution in [0.25, 0.3) is 0 Å². The van der Waals surface area contributed by atoms with E-state index in [0.29, 0.717) is 18.4 Å². The lowest BCUT2D eigenvalue weighted by Crippen LogP contribution is -2.42. The minimum Gasteiger partial charge on any atom is -0.363 e. The third-order valence-electron chi connectivity index (χ3n) is 6.35. The van der Waals surface area contributed by atoms with Crippen molar-refractivity contribution in [2.24, 2.45) is 4.99 Å². The standard InChI is InChI=1S/C22H24FN3O2/c1-13-24-21-18(25(13)2)12-17(26-11-5-8-20(26)27)15-9-10-19(28-22(15)21)14-6-3-4-7-16(14)23/h3-4,6-7,12,19,21-22H,5,8-11H2,1-2H3/t19-,21?,22?/m0/s1. The summed E-state index contributed by atoms with van der Waals surface area (Å²) in [7, 11) is 2.00. The van der Waals surface area contributed by atoms with Gasteiger partial charge in [-0.3, -0.25) is 9.79 Å². The number of carbonyl (C=O) groups is 1. The second-order valence-electron chi connectivity index (χ2n) is 7.91. The van der Waals surface area contributed by atoms with Gasteiger partial charge < -0.3 is 14.5 Å². The molecule has 1 amide bonds. The van der Waals surface area contributed by atoms with Gasteiger partial charge in [0.2, 0.25) is 5.91 Å². The van der Waals surface area contributed by atoms with Crippen molar-refractivity contribution in [2.45, 2.75) is 50.9 Å². The maximum Gasteiger partial charge on any atom is 0.227 e. The van der Waals surface area contributed by atoms with E-state index in [9.17, 15) is 9.18 Å². The van der Waals surface area contributed by atoms with E-state index in [0.717, 1.165) is 42.2 Å². The molecule has 2 saturated heterocycles. The number of hydrogen-bond acceptors (Lipinski definition) is 4. The first-order valence-corrected chi connectivity index (χ1v) is 9.97. The van der Waals surface area contributed by atoms with E-state index in [1.807, 2.05) is 24.9 Å². The predicted molar refractivity (Wildman–Crippen MR) is 104 cm³/mol. The molecule has 0 radical (unpaired) electrons. The summed E-state index contributed by atoms with van der Waals surface area (Å²) in [5.74, 6) is 0.872. The molecule has 0 aromatic heterocycles. The summed E-state index contributed by atoms with van der Waals surface area (Å²) in [5, 5.41) is 0. The number of hydrogen-bond donors (Lipinski definition) is 0. The van der Waals surface area contributed by atoms with Gasteiger partial charge in [0.15, 0.2) is 0 Å². The quantitative estimate of drug-likeness (QED) is 0.787. The van der Waals surface area contributed by atoms with Gasteiger partial charge in [0.25, 0.3) is 0 Å². The average molecular weight is 381 g/mol. The average Bonchev–Trinajstić information content (AvgIpc) is 3.25. The fourth-order valence-corrected chi connectivity index (χ4v) is 4.79. The maximum absolute atomic E-state index is 14.4. The molecule has 3 aliphatic heterocycles. The number of benzene rings is 1. The molecule has 2 fully saturated rings. The molecule has 0 saturated carbocycles. The van der Waals surface area contributed by atoms with Crippen molar-refractivity contribution in [2.75, 3.05) is 13.6 Å². The van der Waals surface area contributed by atoms with Gasteiger partial charge in [0.1, 0.15) is 23.8 Å². The van der Waals surface area contributed by atoms with E-state index in [1.54, 1.807) is 12.1 Å². The van der Waals surface area contributed by atoms with Crippen LogP contribution in [0.4, 0.5) is 4.39 Å². The Labute approximate surface area is 164 Å². The van der Waals surface area contributed by atoms with Gasteiger partial charge in [-0.2, -0.15) is 0 Å². The molecule has 1 aromatic rings. The number of halogens is 1. The summed E-state index contributed by atoms with van der Waals surface area (Å²) in [5.41, 5.74) is 3.75. The largest absolute Gasteiger partial charge is 0.363 e. The van der Waals surface area contributed by atoms with Crippen LogP contribution in [0.5, 0.6) is 0 Å². The van der Waals surface area contributed by atoms with Crippen molar-refractivity contribution in [3.63, 3.8) is 0 Å². The predicted octanol–water partition coefficient (Wildman–Crippen LogP) is 3.55. The molecule has 6 heteroatoms. The Bertz CT molecular complexity index is 935. The van der Waals surface area contributed by atoms with Crippen LogP contribution in [0.1, 0.15) is 44.3 Å². The first kappa shape index (κ1) is 17.6. The molecule has 1 aromatic carbocycles. The van der Waals surface area contributed by atoms with Crippen LogP contribution in [0.2, 0.25) is 0 Å². The molecule has 3 atom stereocenters. The number of nitrogens with zero attached hydrogens (tertiary/aromatic N) is 3. The molecule has 3 heterocycles. The Morgan fingerprint density at radius 2 is 2.07 bits per heavy atom. The first-order chi connectivity index (χ1) is 13.5. The normalized spacial score (nSPS) is 29.7. The van der Waals surface area contributed by atoms with Crippen LogP contribution in [0.3, 0.4) is 0 Å². The second-order valence-corrected chi connectivity index (χ2v) is 7.91. The van der Waals surface area contributed by atoms with Gasteiger partial charge in [-0.15, -0.1) is 0 Å². The van der Waals surface area contributed by atoms with Crippen LogP contribution >= 0.6 is 0 Å². The Morgan fingerprint density at radius 1 is 1.25 bits per heavy atom. The molecule has 28 heavy (non-hydrogen) atoms. The van der Waals surface area contributed by atoms with Crippen molar-refractivity contribution >= 4 is 11.7 Å². The lowest BCUT2D eigenvalue weighted by atomic mass is 9.84. The van der Waals surface area contributed by atoms with Gasteiger partial charge in [0.05, 0.1) is 6.10 Å². The van der Waals surface area contributed by atoms with E-state index in [-0.39, 0.29) is 30.0 Å². The second kappa shape index (κ2) is 6.55. The molecule has 1 aliphatic carbocycles. The summed E-state index contributed by atoms with van der Waals surface area (Å²) in [6.07, 6.45) is 4.52. The van der Waals surface area contributed by atoms with Crippen LogP contribution in [-0.4, -0.2) is 47.3 Å². The molecular formula is C22H24FN3O2. The zero-order valence-electron chi connectivity index (χ0n) is 16.2. The van der Waals surface area contributed by atoms with E-state index in [1.165, 1.54) is 6.07 Å². The van der Waals surface area contributed by atoms with E-state index >= 15 is 0 Å². The zero-order chi connectivity index (χ0) is 19.4. The smallest absolute Gasteiger partial charge is 0.227 e. The number of amidine groups is 1. The molecule has 146 valence electrons. The molecule has 5 rings (SSSR count). The third-order valence-corrected chi connectivity index (χ3v) is 6.35. The fraction of sp³-hybridized carbons (Fsp3) is 0.455. The van der Waals surface area contributed by atoms with Crippen molar-refractivity contribution in [3.05, 3.63) is 58.7 Å². The molecule has 4 aliphatic rings. The van der Waals surface area contributed by atoms with E-state index in [2.05, 4.69) is 11.0 Å². The molecule has 0 N–H and O–H groups in total. The number of ether oxygens (including phenoxy) is 1. The fourth-order valence-electron chi connectivity index (χ4n) is 4.79. The lowest BCUT2D eigenvalue weighted by Gasteiger charge is -2.40. The number of likely N-dealkylation sites (N-methyl/N-ethyl adjacent to an activating group) is 1. The maximum atomic E-state index is 14.4. The number of fused-ring (bicyclic) bond motifs is 3. The van der Waals surface area contributed by atoms with Gasteiger partial charge in [-0.25, -0.2) is 4.39 Å². The summed E-state index contributed by atoms with van der Waals surface area (Å²) in [4.78, 5) is 21.2. The number of amides is 1. The lowest BCUT2D eigenvalue weighted by molar-refractivity contribution is -0.126. The SMILES string of the molecule is CC1=NC2C(=CC(N3CCCC3=O)=C3CC[C@@H](c4ccccc4F)OC32)N1C. The number of aliphatic imine (C=N–C) groups is 1. The zero-order valence-corrected chi connectivity index (χ0v) is 16.2. The molecular weight excluding hydrogens is 357 g/mol. The van der Waals surface area contributed by atoms with Crippen molar-refractivity contribution < 1.29 is 13.9 Å². The highest BCUT2D eigenvalue weighted by atomic mass is 19.1.